The van der Waals surface area contributed by atoms with Crippen molar-refractivity contribution in [3.8, 4) is 0 Å². The second-order valence-electron chi connectivity index (χ2n) is 8.81. The Bertz CT molecular complexity index is 1150. The number of carbonyl (C=O) groups excluding carboxylic acids is 1. The molecule has 3 rings (SSSR count). The van der Waals surface area contributed by atoms with Gasteiger partial charge in [-0.15, -0.1) is 0 Å². The molecule has 32 heavy (non-hydrogen) atoms. The first kappa shape index (κ1) is 23.6. The minimum atomic E-state index is -3.63. The third kappa shape index (κ3) is 6.02. The summed E-state index contributed by atoms with van der Waals surface area (Å²) in [6.45, 7) is 6.88. The molecular weight excluding hydrogens is 422 g/mol. The fourth-order valence-corrected chi connectivity index (χ4v) is 4.23. The molecule has 2 aromatic carbocycles. The van der Waals surface area contributed by atoms with Crippen LogP contribution in [0, 0.1) is 0 Å². The van der Waals surface area contributed by atoms with Crippen LogP contribution >= 0.6 is 0 Å². The van der Waals surface area contributed by atoms with E-state index in [0.29, 0.717) is 12.1 Å². The second-order valence-corrected chi connectivity index (χ2v) is 10.6. The standard InChI is InChI=1S/C25H29N3O3S/c1-25(2,3)22-9-11-23(12-10-22)32(30,31)27-17-19-5-7-21(8-6-19)24(29)28(4)18-20-13-15-26-16-14-20/h5-16,27H,17-18H2,1-4H3. The van der Waals surface area contributed by atoms with Crippen LogP contribution in [0.25, 0.3) is 0 Å². The lowest BCUT2D eigenvalue weighted by Crippen LogP contribution is -2.26. The molecule has 0 aliphatic rings. The van der Waals surface area contributed by atoms with Gasteiger partial charge in [-0.2, -0.15) is 0 Å². The van der Waals surface area contributed by atoms with Crippen molar-refractivity contribution in [1.29, 1.82) is 0 Å². The Morgan fingerprint density at radius 1 is 0.906 bits per heavy atom. The SMILES string of the molecule is CN(Cc1ccncc1)C(=O)c1ccc(CNS(=O)(=O)c2ccc(C(C)(C)C)cc2)cc1. The van der Waals surface area contributed by atoms with Gasteiger partial charge in [0.05, 0.1) is 4.90 Å². The molecule has 7 heteroatoms. The molecule has 0 unspecified atom stereocenters. The van der Waals surface area contributed by atoms with E-state index in [1.165, 1.54) is 0 Å². The van der Waals surface area contributed by atoms with Crippen molar-refractivity contribution in [3.05, 3.63) is 95.3 Å². The fourth-order valence-electron chi connectivity index (χ4n) is 3.22. The van der Waals surface area contributed by atoms with E-state index in [0.717, 1.165) is 16.7 Å². The van der Waals surface area contributed by atoms with Crippen LogP contribution < -0.4 is 4.72 Å². The van der Waals surface area contributed by atoms with E-state index in [1.54, 1.807) is 60.7 Å². The molecule has 0 aliphatic heterocycles. The number of sulfonamides is 1. The zero-order valence-electron chi connectivity index (χ0n) is 18.9. The minimum Gasteiger partial charge on any atom is -0.337 e. The number of hydrogen-bond donors (Lipinski definition) is 1. The van der Waals surface area contributed by atoms with Gasteiger partial charge >= 0.3 is 0 Å². The van der Waals surface area contributed by atoms with Crippen LogP contribution in [0.15, 0.2) is 78.0 Å². The quantitative estimate of drug-likeness (QED) is 0.586. The molecule has 1 N–H and O–H groups in total. The lowest BCUT2D eigenvalue weighted by molar-refractivity contribution is 0.0785. The van der Waals surface area contributed by atoms with Gasteiger partial charge in [-0.05, 0) is 58.5 Å². The maximum atomic E-state index is 12.7. The van der Waals surface area contributed by atoms with Crippen molar-refractivity contribution >= 4 is 15.9 Å². The Kier molecular flexibility index (Phi) is 7.11. The molecule has 168 valence electrons. The van der Waals surface area contributed by atoms with Crippen LogP contribution in [-0.2, 0) is 28.5 Å². The van der Waals surface area contributed by atoms with Crippen molar-refractivity contribution in [3.63, 3.8) is 0 Å². The van der Waals surface area contributed by atoms with Gasteiger partial charge in [-0.3, -0.25) is 9.78 Å². The van der Waals surface area contributed by atoms with Gasteiger partial charge < -0.3 is 4.90 Å². The van der Waals surface area contributed by atoms with E-state index in [-0.39, 0.29) is 22.8 Å². The average Bonchev–Trinajstić information content (AvgIpc) is 2.78. The van der Waals surface area contributed by atoms with E-state index in [9.17, 15) is 13.2 Å². The summed E-state index contributed by atoms with van der Waals surface area (Å²) in [4.78, 5) is 18.5. The average molecular weight is 452 g/mol. The maximum Gasteiger partial charge on any atom is 0.253 e. The molecule has 0 bridgehead atoms. The number of amides is 1. The third-order valence-corrected chi connectivity index (χ3v) is 6.63. The van der Waals surface area contributed by atoms with Crippen LogP contribution in [0.4, 0.5) is 0 Å². The first-order chi connectivity index (χ1) is 15.1. The number of benzene rings is 2. The smallest absolute Gasteiger partial charge is 0.253 e. The van der Waals surface area contributed by atoms with Crippen molar-refractivity contribution in [2.75, 3.05) is 7.05 Å². The summed E-state index contributed by atoms with van der Waals surface area (Å²) in [5.41, 5.74) is 3.35. The van der Waals surface area contributed by atoms with Gasteiger partial charge in [0.2, 0.25) is 10.0 Å². The van der Waals surface area contributed by atoms with E-state index < -0.39 is 10.0 Å². The highest BCUT2D eigenvalue weighted by Crippen LogP contribution is 2.23. The van der Waals surface area contributed by atoms with E-state index in [4.69, 9.17) is 0 Å². The molecule has 0 radical (unpaired) electrons. The van der Waals surface area contributed by atoms with Crippen molar-refractivity contribution in [1.82, 2.24) is 14.6 Å². The molecule has 0 spiro atoms. The van der Waals surface area contributed by atoms with Crippen LogP contribution in [-0.4, -0.2) is 31.3 Å². The van der Waals surface area contributed by atoms with Gasteiger partial charge in [-0.1, -0.05) is 45.0 Å². The highest BCUT2D eigenvalue weighted by Gasteiger charge is 2.18. The Morgan fingerprint density at radius 3 is 2.06 bits per heavy atom. The molecule has 1 amide bonds. The van der Waals surface area contributed by atoms with Gasteiger partial charge in [0.15, 0.2) is 0 Å². The first-order valence-electron chi connectivity index (χ1n) is 10.4. The molecule has 1 heterocycles. The van der Waals surface area contributed by atoms with E-state index >= 15 is 0 Å². The number of hydrogen-bond acceptors (Lipinski definition) is 4. The molecular formula is C25H29N3O3S. The number of pyridine rings is 1. The number of aromatic nitrogens is 1. The van der Waals surface area contributed by atoms with Gasteiger partial charge in [0.25, 0.3) is 5.91 Å². The molecule has 0 saturated heterocycles. The monoisotopic (exact) mass is 451 g/mol. The fraction of sp³-hybridized carbons (Fsp3) is 0.280. The lowest BCUT2D eigenvalue weighted by Gasteiger charge is -2.19. The van der Waals surface area contributed by atoms with Crippen LogP contribution in [0.3, 0.4) is 0 Å². The second kappa shape index (κ2) is 9.63. The summed E-state index contributed by atoms with van der Waals surface area (Å²) in [6, 6.07) is 17.6. The summed E-state index contributed by atoms with van der Waals surface area (Å²) in [5.74, 6) is -0.104. The predicted molar refractivity (Wildman–Crippen MR) is 126 cm³/mol. The van der Waals surface area contributed by atoms with Crippen LogP contribution in [0.1, 0.15) is 47.8 Å². The summed E-state index contributed by atoms with van der Waals surface area (Å²) in [6.07, 6.45) is 3.39. The largest absolute Gasteiger partial charge is 0.337 e. The number of nitrogens with zero attached hydrogens (tertiary/aromatic N) is 2. The van der Waals surface area contributed by atoms with Crippen molar-refractivity contribution in [2.45, 2.75) is 44.2 Å². The molecule has 0 fully saturated rings. The molecule has 6 nitrogen and oxygen atoms in total. The van der Waals surface area contributed by atoms with Gasteiger partial charge in [0, 0.05) is 38.1 Å². The summed E-state index contributed by atoms with van der Waals surface area (Å²) in [7, 11) is -1.88. The Morgan fingerprint density at radius 2 is 1.50 bits per heavy atom. The summed E-state index contributed by atoms with van der Waals surface area (Å²) >= 11 is 0. The van der Waals surface area contributed by atoms with E-state index in [2.05, 4.69) is 30.5 Å². The highest BCUT2D eigenvalue weighted by atomic mass is 32.2. The molecule has 1 aromatic heterocycles. The third-order valence-electron chi connectivity index (χ3n) is 5.21. The van der Waals surface area contributed by atoms with E-state index in [1.807, 2.05) is 24.3 Å². The highest BCUT2D eigenvalue weighted by molar-refractivity contribution is 7.89. The predicted octanol–water partition coefficient (Wildman–Crippen LogP) is 4.13. The lowest BCUT2D eigenvalue weighted by atomic mass is 9.87. The topological polar surface area (TPSA) is 79.4 Å². The van der Waals surface area contributed by atoms with Gasteiger partial charge in [0.1, 0.15) is 0 Å². The number of carbonyl (C=O) groups is 1. The van der Waals surface area contributed by atoms with Crippen molar-refractivity contribution in [2.24, 2.45) is 0 Å². The Labute approximate surface area is 190 Å². The maximum absolute atomic E-state index is 12.7. The number of rotatable bonds is 7. The van der Waals surface area contributed by atoms with Crippen LogP contribution in [0.5, 0.6) is 0 Å². The summed E-state index contributed by atoms with van der Waals surface area (Å²) in [5, 5.41) is 0. The normalized spacial score (nSPS) is 11.9. The Balaban J connectivity index is 1.61. The zero-order chi connectivity index (χ0) is 23.4. The summed E-state index contributed by atoms with van der Waals surface area (Å²) < 4.78 is 27.9. The first-order valence-corrected chi connectivity index (χ1v) is 11.9. The minimum absolute atomic E-state index is 0.0404. The molecule has 0 saturated carbocycles. The van der Waals surface area contributed by atoms with Crippen LogP contribution in [0.2, 0.25) is 0 Å². The van der Waals surface area contributed by atoms with Crippen molar-refractivity contribution < 1.29 is 13.2 Å². The molecule has 3 aromatic rings. The van der Waals surface area contributed by atoms with Gasteiger partial charge in [-0.25, -0.2) is 13.1 Å². The Hall–Kier alpha value is -3.03. The number of nitrogens with one attached hydrogen (secondary N) is 1. The molecule has 0 aliphatic carbocycles. The zero-order valence-corrected chi connectivity index (χ0v) is 19.7. The molecule has 0 atom stereocenters.